The summed E-state index contributed by atoms with van der Waals surface area (Å²) in [6.45, 7) is 4.89. The summed E-state index contributed by atoms with van der Waals surface area (Å²) in [6, 6.07) is 12.0. The van der Waals surface area contributed by atoms with Crippen molar-refractivity contribution in [3.8, 4) is 10.8 Å². The van der Waals surface area contributed by atoms with Gasteiger partial charge in [-0.1, -0.05) is 25.3 Å². The van der Waals surface area contributed by atoms with Crippen LogP contribution >= 0.6 is 11.3 Å². The Bertz CT molecular complexity index is 743. The molecule has 2 aromatic rings. The Morgan fingerprint density at radius 2 is 1.96 bits per heavy atom. The lowest BCUT2D eigenvalue weighted by Crippen LogP contribution is -2.43. The number of benzene rings is 1. The summed E-state index contributed by atoms with van der Waals surface area (Å²) in [5, 5.41) is 4.16. The second-order valence-corrected chi connectivity index (χ2v) is 10.1. The molecule has 1 aromatic carbocycles. The van der Waals surface area contributed by atoms with Gasteiger partial charge in [0.05, 0.1) is 11.4 Å². The molecule has 2 aliphatic rings. The number of nitrogens with zero attached hydrogens (tertiary/aromatic N) is 1. The van der Waals surface area contributed by atoms with Crippen molar-refractivity contribution in [1.29, 1.82) is 0 Å². The highest BCUT2D eigenvalue weighted by Crippen LogP contribution is 2.33. The zero-order chi connectivity index (χ0) is 19.2. The normalized spacial score (nSPS) is 19.5. The molecular formula is C21H29N3O2S2. The molecule has 1 unspecified atom stereocenters. The number of nitrogens with one attached hydrogen (secondary N) is 2. The van der Waals surface area contributed by atoms with Gasteiger partial charge in [0.2, 0.25) is 4.21 Å². The van der Waals surface area contributed by atoms with E-state index in [1.807, 2.05) is 24.3 Å². The van der Waals surface area contributed by atoms with E-state index in [2.05, 4.69) is 27.1 Å². The van der Waals surface area contributed by atoms with E-state index in [9.17, 15) is 4.55 Å². The van der Waals surface area contributed by atoms with Crippen molar-refractivity contribution in [3.05, 3.63) is 36.4 Å². The first-order chi connectivity index (χ1) is 13.8. The minimum absolute atomic E-state index is 0.668. The van der Waals surface area contributed by atoms with Gasteiger partial charge < -0.3 is 19.5 Å². The molecule has 1 saturated heterocycles. The summed E-state index contributed by atoms with van der Waals surface area (Å²) >= 11 is 0.298. The van der Waals surface area contributed by atoms with Crippen molar-refractivity contribution in [1.82, 2.24) is 10.0 Å². The van der Waals surface area contributed by atoms with Gasteiger partial charge in [0.1, 0.15) is 5.75 Å². The van der Waals surface area contributed by atoms with Gasteiger partial charge in [-0.25, -0.2) is 0 Å². The van der Waals surface area contributed by atoms with E-state index in [1.165, 1.54) is 49.1 Å². The average Bonchev–Trinajstić information content (AvgIpc) is 3.22. The number of thiophene rings is 1. The maximum absolute atomic E-state index is 12.6. The van der Waals surface area contributed by atoms with E-state index in [1.54, 1.807) is 0 Å². The van der Waals surface area contributed by atoms with Crippen LogP contribution in [0.25, 0.3) is 0 Å². The van der Waals surface area contributed by atoms with E-state index in [4.69, 9.17) is 4.74 Å². The topological polar surface area (TPSA) is 59.6 Å². The zero-order valence-corrected chi connectivity index (χ0v) is 17.8. The zero-order valence-electron chi connectivity index (χ0n) is 16.2. The molecule has 5 nitrogen and oxygen atoms in total. The first kappa shape index (κ1) is 20.0. The molecule has 2 fully saturated rings. The van der Waals surface area contributed by atoms with Gasteiger partial charge in [-0.15, -0.1) is 4.72 Å². The number of hydrogen-bond acceptors (Lipinski definition) is 6. The molecule has 0 radical (unpaired) electrons. The van der Waals surface area contributed by atoms with Crippen LogP contribution in [-0.2, 0) is 11.4 Å². The fourth-order valence-electron chi connectivity index (χ4n) is 3.90. The minimum atomic E-state index is -1.16. The maximum Gasteiger partial charge on any atom is 0.231 e. The standard InChI is InChI=1S/C21H29N3O2S2/c25-28(23-16-17-5-2-1-3-6-17)21-10-9-20(27-21)26-19-8-4-7-18(15-19)24-13-11-22-12-14-24/h4,7-10,15,17,22-23H,1-3,5-6,11-14,16H2. The molecule has 0 bridgehead atoms. The minimum Gasteiger partial charge on any atom is -0.592 e. The summed E-state index contributed by atoms with van der Waals surface area (Å²) in [6.07, 6.45) is 6.48. The molecule has 1 aliphatic heterocycles. The molecular weight excluding hydrogens is 390 g/mol. The molecule has 7 heteroatoms. The van der Waals surface area contributed by atoms with E-state index >= 15 is 0 Å². The van der Waals surface area contributed by atoms with Crippen LogP contribution in [-0.4, -0.2) is 37.3 Å². The Hall–Kier alpha value is -1.25. The molecule has 1 aliphatic carbocycles. The Labute approximate surface area is 174 Å². The third-order valence-electron chi connectivity index (χ3n) is 5.49. The lowest BCUT2D eigenvalue weighted by Gasteiger charge is -2.29. The van der Waals surface area contributed by atoms with Gasteiger partial charge in [-0.05, 0) is 48.3 Å². The lowest BCUT2D eigenvalue weighted by molar-refractivity contribution is 0.357. The predicted octanol–water partition coefficient (Wildman–Crippen LogP) is 4.14. The second-order valence-electron chi connectivity index (χ2n) is 7.53. The summed E-state index contributed by atoms with van der Waals surface area (Å²) in [5.41, 5.74) is 1.19. The summed E-state index contributed by atoms with van der Waals surface area (Å²) in [7, 11) is 0. The number of ether oxygens (including phenoxy) is 1. The van der Waals surface area contributed by atoms with Crippen LogP contribution in [0.3, 0.4) is 0 Å². The molecule has 152 valence electrons. The van der Waals surface area contributed by atoms with Crippen molar-refractivity contribution in [3.63, 3.8) is 0 Å². The first-order valence-corrected chi connectivity index (χ1v) is 12.2. The van der Waals surface area contributed by atoms with Crippen molar-refractivity contribution in [2.24, 2.45) is 5.92 Å². The predicted molar refractivity (Wildman–Crippen MR) is 117 cm³/mol. The van der Waals surface area contributed by atoms with Crippen LogP contribution in [0, 0.1) is 5.92 Å². The van der Waals surface area contributed by atoms with Crippen LogP contribution in [0.5, 0.6) is 10.8 Å². The fourth-order valence-corrected chi connectivity index (χ4v) is 5.95. The smallest absolute Gasteiger partial charge is 0.231 e. The quantitative estimate of drug-likeness (QED) is 0.661. The van der Waals surface area contributed by atoms with Crippen LogP contribution in [0.1, 0.15) is 32.1 Å². The van der Waals surface area contributed by atoms with Crippen LogP contribution in [0.2, 0.25) is 0 Å². The second kappa shape index (κ2) is 9.98. The Morgan fingerprint density at radius 3 is 2.79 bits per heavy atom. The highest BCUT2D eigenvalue weighted by Gasteiger charge is 2.20. The van der Waals surface area contributed by atoms with E-state index in [0.717, 1.165) is 47.7 Å². The number of piperazine rings is 1. The largest absolute Gasteiger partial charge is 0.592 e. The van der Waals surface area contributed by atoms with Gasteiger partial charge in [0.25, 0.3) is 0 Å². The fraction of sp³-hybridized carbons (Fsp3) is 0.524. The van der Waals surface area contributed by atoms with E-state index in [0.29, 0.717) is 5.92 Å². The van der Waals surface area contributed by atoms with Gasteiger partial charge in [-0.3, -0.25) is 0 Å². The highest BCUT2D eigenvalue weighted by molar-refractivity contribution is 7.91. The van der Waals surface area contributed by atoms with E-state index in [-0.39, 0.29) is 0 Å². The van der Waals surface area contributed by atoms with Crippen molar-refractivity contribution in [2.45, 2.75) is 36.3 Å². The van der Waals surface area contributed by atoms with Crippen molar-refractivity contribution >= 4 is 28.4 Å². The van der Waals surface area contributed by atoms with Crippen LogP contribution < -0.4 is 19.7 Å². The first-order valence-electron chi connectivity index (χ1n) is 10.3. The SMILES string of the molecule is [O-][S+](NCC1CCCCC1)c1ccc(Oc2cccc(N3CCNCC3)c2)s1. The average molecular weight is 420 g/mol. The third kappa shape index (κ3) is 5.42. The van der Waals surface area contributed by atoms with Gasteiger partial charge in [0.15, 0.2) is 5.06 Å². The van der Waals surface area contributed by atoms with Gasteiger partial charge in [-0.2, -0.15) is 0 Å². The monoisotopic (exact) mass is 419 g/mol. The Balaban J connectivity index is 1.32. The number of rotatable bonds is 7. The van der Waals surface area contributed by atoms with Crippen molar-refractivity contribution < 1.29 is 9.29 Å². The Kier molecular flexibility index (Phi) is 7.14. The molecule has 0 spiro atoms. The Morgan fingerprint density at radius 1 is 1.14 bits per heavy atom. The molecule has 2 N–H and O–H groups in total. The van der Waals surface area contributed by atoms with Gasteiger partial charge in [0, 0.05) is 50.5 Å². The maximum atomic E-state index is 12.6. The molecule has 2 heterocycles. The molecule has 28 heavy (non-hydrogen) atoms. The van der Waals surface area contributed by atoms with Crippen LogP contribution in [0.4, 0.5) is 5.69 Å². The van der Waals surface area contributed by atoms with E-state index < -0.39 is 11.4 Å². The lowest BCUT2D eigenvalue weighted by atomic mass is 9.90. The molecule has 0 amide bonds. The summed E-state index contributed by atoms with van der Waals surface area (Å²) in [5.74, 6) is 1.49. The third-order valence-corrected chi connectivity index (χ3v) is 7.88. The number of anilines is 1. The number of hydrogen-bond donors (Lipinski definition) is 2. The summed E-state index contributed by atoms with van der Waals surface area (Å²) in [4.78, 5) is 2.37. The highest BCUT2D eigenvalue weighted by atomic mass is 32.2. The molecule has 1 saturated carbocycles. The summed E-state index contributed by atoms with van der Waals surface area (Å²) < 4.78 is 22.6. The van der Waals surface area contributed by atoms with Crippen LogP contribution in [0.15, 0.2) is 40.6 Å². The van der Waals surface area contributed by atoms with Gasteiger partial charge >= 0.3 is 0 Å². The molecule has 4 rings (SSSR count). The van der Waals surface area contributed by atoms with Crippen molar-refractivity contribution in [2.75, 3.05) is 37.6 Å². The molecule has 1 aromatic heterocycles. The molecule has 1 atom stereocenters.